The zero-order valence-electron chi connectivity index (χ0n) is 20.7. The molecule has 0 bridgehead atoms. The molecule has 35 heavy (non-hydrogen) atoms. The van der Waals surface area contributed by atoms with Gasteiger partial charge in [0.05, 0.1) is 6.54 Å². The summed E-state index contributed by atoms with van der Waals surface area (Å²) < 4.78 is 2.04. The lowest BCUT2D eigenvalue weighted by Gasteiger charge is -2.42. The Hall–Kier alpha value is -1.83. The Morgan fingerprint density at radius 1 is 1.09 bits per heavy atom. The highest BCUT2D eigenvalue weighted by Gasteiger charge is 2.34. The van der Waals surface area contributed by atoms with Gasteiger partial charge in [0.15, 0.2) is 5.82 Å². The van der Waals surface area contributed by atoms with Crippen molar-refractivity contribution < 1.29 is 0 Å². The summed E-state index contributed by atoms with van der Waals surface area (Å²) >= 11 is 0. The molecule has 1 fully saturated rings. The van der Waals surface area contributed by atoms with Gasteiger partial charge in [-0.3, -0.25) is 4.90 Å². The van der Waals surface area contributed by atoms with Crippen LogP contribution in [-0.2, 0) is 25.8 Å². The van der Waals surface area contributed by atoms with Gasteiger partial charge in [0.25, 0.3) is 0 Å². The summed E-state index contributed by atoms with van der Waals surface area (Å²) in [5.41, 5.74) is 8.80. The highest BCUT2D eigenvalue weighted by molar-refractivity contribution is 8.77. The second-order valence-corrected chi connectivity index (χ2v) is 13.0. The van der Waals surface area contributed by atoms with Crippen LogP contribution in [0.25, 0.3) is 11.1 Å². The van der Waals surface area contributed by atoms with Gasteiger partial charge in [0.1, 0.15) is 0 Å². The lowest BCUT2D eigenvalue weighted by Crippen LogP contribution is -2.39. The highest BCUT2D eigenvalue weighted by atomic mass is 33.1. The van der Waals surface area contributed by atoms with Crippen molar-refractivity contribution in [3.05, 3.63) is 64.5 Å². The highest BCUT2D eigenvalue weighted by Crippen LogP contribution is 2.46. The van der Waals surface area contributed by atoms with Crippen LogP contribution in [0.1, 0.15) is 73.1 Å². The number of fused-ring (bicyclic) bond motifs is 2. The number of aryl methyl sites for hydroxylation is 1. The van der Waals surface area contributed by atoms with Crippen LogP contribution in [0.15, 0.2) is 36.4 Å². The van der Waals surface area contributed by atoms with E-state index in [-0.39, 0.29) is 0 Å². The Bertz CT molecular complexity index is 1170. The molecular formula is C28H35N5S2. The van der Waals surface area contributed by atoms with Gasteiger partial charge in [-0.2, -0.15) is 0 Å². The van der Waals surface area contributed by atoms with Gasteiger partial charge < -0.3 is 0 Å². The van der Waals surface area contributed by atoms with E-state index in [4.69, 9.17) is 0 Å². The van der Waals surface area contributed by atoms with E-state index in [2.05, 4.69) is 74.5 Å². The van der Waals surface area contributed by atoms with E-state index >= 15 is 0 Å². The van der Waals surface area contributed by atoms with Crippen LogP contribution in [0, 0.1) is 0 Å². The fraction of sp³-hybridized carbons (Fsp3) is 0.536. The Labute approximate surface area is 216 Å². The maximum absolute atomic E-state index is 4.41. The molecule has 3 heterocycles. The molecule has 184 valence electrons. The molecule has 2 aliphatic heterocycles. The van der Waals surface area contributed by atoms with Crippen molar-refractivity contribution in [2.24, 2.45) is 0 Å². The summed E-state index contributed by atoms with van der Waals surface area (Å²) in [5.74, 6) is 2.34. The van der Waals surface area contributed by atoms with Gasteiger partial charge in [0, 0.05) is 30.0 Å². The fourth-order valence-electron chi connectivity index (χ4n) is 6.25. The predicted octanol–water partition coefficient (Wildman–Crippen LogP) is 6.12. The zero-order valence-corrected chi connectivity index (χ0v) is 22.3. The molecule has 0 N–H and O–H groups in total. The molecule has 2 unspecified atom stereocenters. The minimum Gasteiger partial charge on any atom is -0.296 e. The van der Waals surface area contributed by atoms with Crippen LogP contribution >= 0.6 is 21.6 Å². The number of unbranched alkanes of at least 4 members (excludes halogenated alkanes) is 1. The predicted molar refractivity (Wildman–Crippen MR) is 147 cm³/mol. The lowest BCUT2D eigenvalue weighted by atomic mass is 9.75. The number of hydrogen-bond donors (Lipinski definition) is 0. The second kappa shape index (κ2) is 10.7. The number of benzene rings is 2. The molecular weight excluding hydrogens is 470 g/mol. The van der Waals surface area contributed by atoms with E-state index in [1.807, 2.05) is 15.5 Å². The summed E-state index contributed by atoms with van der Waals surface area (Å²) in [6.45, 7) is 5.40. The largest absolute Gasteiger partial charge is 0.296 e. The van der Waals surface area contributed by atoms with E-state index in [1.54, 1.807) is 11.1 Å². The summed E-state index contributed by atoms with van der Waals surface area (Å²) in [6.07, 6.45) is 9.54. The molecule has 7 heteroatoms. The minimum atomic E-state index is 0.512. The Morgan fingerprint density at radius 2 is 2.00 bits per heavy atom. The molecule has 1 aromatic heterocycles. The average Bonchev–Trinajstić information content (AvgIpc) is 3.56. The number of rotatable bonds is 9. The number of nitrogens with zero attached hydrogens (tertiary/aromatic N) is 5. The Kier molecular flexibility index (Phi) is 7.17. The summed E-state index contributed by atoms with van der Waals surface area (Å²) in [4.78, 5) is 2.71. The van der Waals surface area contributed by atoms with Crippen molar-refractivity contribution in [2.75, 3.05) is 18.8 Å². The standard InChI is InChI=1S/C28H35N5S2/c1-2-15-32-16-13-20-7-6-11-24-27-21(18-25(32)28(20)24)8-5-9-22(27)19-33-26(29-30-31-33)12-4-3-10-23-14-17-34-35-23/h5-9,11,23,25H,2-4,10,12-19H2,1H3. The van der Waals surface area contributed by atoms with Gasteiger partial charge in [0.2, 0.25) is 0 Å². The van der Waals surface area contributed by atoms with Crippen LogP contribution in [-0.4, -0.2) is 49.2 Å². The summed E-state index contributed by atoms with van der Waals surface area (Å²) in [7, 11) is 4.11. The molecule has 0 radical (unpaired) electrons. The minimum absolute atomic E-state index is 0.512. The molecule has 3 aromatic rings. The quantitative estimate of drug-likeness (QED) is 0.258. The number of hydrogen-bond acceptors (Lipinski definition) is 6. The third-order valence-corrected chi connectivity index (χ3v) is 10.9. The molecule has 1 aliphatic carbocycles. The van der Waals surface area contributed by atoms with E-state index in [0.717, 1.165) is 43.3 Å². The van der Waals surface area contributed by atoms with Crippen molar-refractivity contribution in [1.29, 1.82) is 0 Å². The van der Waals surface area contributed by atoms with E-state index < -0.39 is 0 Å². The van der Waals surface area contributed by atoms with Crippen LogP contribution in [0.5, 0.6) is 0 Å². The lowest BCUT2D eigenvalue weighted by molar-refractivity contribution is 0.183. The topological polar surface area (TPSA) is 46.8 Å². The summed E-state index contributed by atoms with van der Waals surface area (Å²) in [6, 6.07) is 14.3. The van der Waals surface area contributed by atoms with Crippen LogP contribution in [0.3, 0.4) is 0 Å². The van der Waals surface area contributed by atoms with E-state index in [1.165, 1.54) is 66.8 Å². The van der Waals surface area contributed by atoms with Crippen molar-refractivity contribution in [3.8, 4) is 11.1 Å². The maximum atomic E-state index is 4.41. The van der Waals surface area contributed by atoms with Crippen LogP contribution in [0.4, 0.5) is 0 Å². The molecule has 6 rings (SSSR count). The second-order valence-electron chi connectivity index (χ2n) is 10.2. The molecule has 2 aromatic carbocycles. The first kappa shape index (κ1) is 23.6. The van der Waals surface area contributed by atoms with Crippen LogP contribution in [0.2, 0.25) is 0 Å². The summed E-state index contributed by atoms with van der Waals surface area (Å²) in [5, 5.41) is 13.7. The van der Waals surface area contributed by atoms with E-state index in [9.17, 15) is 0 Å². The SMILES string of the molecule is CCCN1CCc2cccc3c2C1Cc1cccc(Cn2nnnc2CCCCC2CCSS2)c1-3. The maximum Gasteiger partial charge on any atom is 0.151 e. The monoisotopic (exact) mass is 505 g/mol. The first-order valence-corrected chi connectivity index (χ1v) is 15.7. The van der Waals surface area contributed by atoms with Crippen molar-refractivity contribution in [3.63, 3.8) is 0 Å². The van der Waals surface area contributed by atoms with Gasteiger partial charge in [-0.15, -0.1) is 5.10 Å². The van der Waals surface area contributed by atoms with Crippen molar-refractivity contribution in [1.82, 2.24) is 25.1 Å². The normalized spacial score (nSPS) is 21.2. The van der Waals surface area contributed by atoms with Gasteiger partial charge in [-0.25, -0.2) is 4.68 Å². The average molecular weight is 506 g/mol. The van der Waals surface area contributed by atoms with Crippen molar-refractivity contribution >= 4 is 21.6 Å². The molecule has 0 amide bonds. The first-order chi connectivity index (χ1) is 17.3. The molecule has 0 spiro atoms. The molecule has 1 saturated heterocycles. The molecule has 0 saturated carbocycles. The van der Waals surface area contributed by atoms with Crippen LogP contribution < -0.4 is 0 Å². The Balaban J connectivity index is 1.24. The molecule has 5 nitrogen and oxygen atoms in total. The van der Waals surface area contributed by atoms with E-state index in [0.29, 0.717) is 6.04 Å². The van der Waals surface area contributed by atoms with Crippen molar-refractivity contribution in [2.45, 2.75) is 76.1 Å². The fourth-order valence-corrected chi connectivity index (χ4v) is 9.27. The zero-order chi connectivity index (χ0) is 23.6. The smallest absolute Gasteiger partial charge is 0.151 e. The third-order valence-electron chi connectivity index (χ3n) is 7.90. The third kappa shape index (κ3) is 4.79. The number of aromatic nitrogens is 4. The number of tetrazole rings is 1. The van der Waals surface area contributed by atoms with Gasteiger partial charge in [-0.05, 0) is 88.9 Å². The molecule has 3 aliphatic rings. The molecule has 2 atom stereocenters. The first-order valence-electron chi connectivity index (χ1n) is 13.3. The van der Waals surface area contributed by atoms with Gasteiger partial charge in [-0.1, -0.05) is 71.3 Å². The van der Waals surface area contributed by atoms with Gasteiger partial charge >= 0.3 is 0 Å². The Morgan fingerprint density at radius 3 is 2.89 bits per heavy atom.